The number of nitrogen functional groups attached to an aromatic ring is 1. The number of rotatable bonds is 5. The summed E-state index contributed by atoms with van der Waals surface area (Å²) >= 11 is 0. The van der Waals surface area contributed by atoms with Crippen LogP contribution in [0.15, 0.2) is 48.5 Å². The zero-order valence-electron chi connectivity index (χ0n) is 15.4. The Morgan fingerprint density at radius 1 is 1.15 bits per heavy atom. The number of hydrogen-bond acceptors (Lipinski definition) is 4. The van der Waals surface area contributed by atoms with Gasteiger partial charge in [0.15, 0.2) is 0 Å². The molecule has 27 heavy (non-hydrogen) atoms. The van der Waals surface area contributed by atoms with E-state index in [9.17, 15) is 13.2 Å². The Morgan fingerprint density at radius 2 is 1.81 bits per heavy atom. The number of anilines is 1. The van der Waals surface area contributed by atoms with Crippen molar-refractivity contribution in [2.75, 3.05) is 18.8 Å². The van der Waals surface area contributed by atoms with Gasteiger partial charge in [0.1, 0.15) is 0 Å². The number of piperidine rings is 1. The molecule has 1 amide bonds. The molecule has 0 aromatic heterocycles. The summed E-state index contributed by atoms with van der Waals surface area (Å²) in [5.41, 5.74) is 8.53. The summed E-state index contributed by atoms with van der Waals surface area (Å²) < 4.78 is 26.7. The van der Waals surface area contributed by atoms with Gasteiger partial charge in [-0.1, -0.05) is 36.4 Å². The molecule has 3 rings (SSSR count). The van der Waals surface area contributed by atoms with Crippen molar-refractivity contribution in [2.45, 2.75) is 31.6 Å². The number of hydrogen-bond donors (Lipinski definition) is 2. The molecular formula is C20H25N3O3S. The summed E-state index contributed by atoms with van der Waals surface area (Å²) in [6.07, 6.45) is 1.20. The lowest BCUT2D eigenvalue weighted by Crippen LogP contribution is -2.46. The van der Waals surface area contributed by atoms with E-state index in [0.717, 1.165) is 11.1 Å². The normalized spacial score (nSPS) is 16.2. The first-order chi connectivity index (χ1) is 12.8. The fourth-order valence-corrected chi connectivity index (χ4v) is 4.87. The van der Waals surface area contributed by atoms with E-state index in [1.54, 1.807) is 12.1 Å². The van der Waals surface area contributed by atoms with Gasteiger partial charge >= 0.3 is 0 Å². The first-order valence-electron chi connectivity index (χ1n) is 9.04. The molecule has 2 aromatic rings. The second kappa shape index (κ2) is 8.10. The minimum atomic E-state index is -3.35. The molecule has 1 fully saturated rings. The Bertz CT molecular complexity index is 905. The molecule has 144 valence electrons. The smallest absolute Gasteiger partial charge is 0.251 e. The third-order valence-corrected chi connectivity index (χ3v) is 6.73. The maximum atomic E-state index is 12.6. The predicted molar refractivity (Wildman–Crippen MR) is 107 cm³/mol. The van der Waals surface area contributed by atoms with Crippen LogP contribution in [0.5, 0.6) is 0 Å². The van der Waals surface area contributed by atoms with Gasteiger partial charge in [0, 0.05) is 30.4 Å². The molecule has 3 N–H and O–H groups in total. The number of amides is 1. The highest BCUT2D eigenvalue weighted by molar-refractivity contribution is 7.88. The van der Waals surface area contributed by atoms with Gasteiger partial charge in [-0.3, -0.25) is 4.79 Å². The lowest BCUT2D eigenvalue weighted by atomic mass is 10.0. The van der Waals surface area contributed by atoms with Crippen molar-refractivity contribution in [1.29, 1.82) is 0 Å². The highest BCUT2D eigenvalue weighted by Crippen LogP contribution is 2.19. The molecule has 6 nitrogen and oxygen atoms in total. The Labute approximate surface area is 160 Å². The van der Waals surface area contributed by atoms with Crippen LogP contribution in [-0.4, -0.2) is 37.8 Å². The van der Waals surface area contributed by atoms with Gasteiger partial charge in [0.05, 0.1) is 5.75 Å². The van der Waals surface area contributed by atoms with Crippen molar-refractivity contribution < 1.29 is 13.2 Å². The van der Waals surface area contributed by atoms with Gasteiger partial charge in [0.2, 0.25) is 10.0 Å². The van der Waals surface area contributed by atoms with Crippen molar-refractivity contribution in [1.82, 2.24) is 9.62 Å². The van der Waals surface area contributed by atoms with Crippen LogP contribution in [0.2, 0.25) is 0 Å². The summed E-state index contributed by atoms with van der Waals surface area (Å²) in [5, 5.41) is 3.01. The zero-order valence-corrected chi connectivity index (χ0v) is 16.2. The summed E-state index contributed by atoms with van der Waals surface area (Å²) in [6.45, 7) is 2.69. The molecule has 0 radical (unpaired) electrons. The highest BCUT2D eigenvalue weighted by Gasteiger charge is 2.29. The number of sulfonamides is 1. The van der Waals surface area contributed by atoms with Gasteiger partial charge in [-0.2, -0.15) is 0 Å². The van der Waals surface area contributed by atoms with E-state index < -0.39 is 10.0 Å². The van der Waals surface area contributed by atoms with Crippen LogP contribution in [0.25, 0.3) is 0 Å². The molecular weight excluding hydrogens is 362 g/mol. The lowest BCUT2D eigenvalue weighted by molar-refractivity contribution is 0.0923. The van der Waals surface area contributed by atoms with E-state index in [1.807, 2.05) is 43.3 Å². The van der Waals surface area contributed by atoms with Crippen molar-refractivity contribution in [3.05, 3.63) is 65.2 Å². The highest BCUT2D eigenvalue weighted by atomic mass is 32.2. The minimum Gasteiger partial charge on any atom is -0.399 e. The third kappa shape index (κ3) is 4.87. The zero-order chi connectivity index (χ0) is 19.4. The van der Waals surface area contributed by atoms with E-state index in [-0.39, 0.29) is 17.7 Å². The van der Waals surface area contributed by atoms with Crippen molar-refractivity contribution in [3.63, 3.8) is 0 Å². The van der Waals surface area contributed by atoms with Crippen LogP contribution >= 0.6 is 0 Å². The van der Waals surface area contributed by atoms with Gasteiger partial charge in [-0.15, -0.1) is 0 Å². The second-order valence-electron chi connectivity index (χ2n) is 6.96. The molecule has 0 aliphatic carbocycles. The summed E-state index contributed by atoms with van der Waals surface area (Å²) in [5.74, 6) is -0.154. The molecule has 0 atom stereocenters. The first kappa shape index (κ1) is 19.4. The molecule has 1 aliphatic rings. The largest absolute Gasteiger partial charge is 0.399 e. The van der Waals surface area contributed by atoms with Crippen molar-refractivity contribution >= 4 is 21.6 Å². The molecule has 1 heterocycles. The number of nitrogens with zero attached hydrogens (tertiary/aromatic N) is 1. The quantitative estimate of drug-likeness (QED) is 0.770. The molecule has 2 aromatic carbocycles. The fraction of sp³-hybridized carbons (Fsp3) is 0.350. The topological polar surface area (TPSA) is 92.5 Å². The predicted octanol–water partition coefficient (Wildman–Crippen LogP) is 2.30. The van der Waals surface area contributed by atoms with Gasteiger partial charge in [0.25, 0.3) is 5.91 Å². The van der Waals surface area contributed by atoms with Crippen LogP contribution in [0.4, 0.5) is 5.69 Å². The Hall–Kier alpha value is -2.38. The van der Waals surface area contributed by atoms with Gasteiger partial charge in [-0.05, 0) is 43.0 Å². The van der Waals surface area contributed by atoms with E-state index in [4.69, 9.17) is 5.73 Å². The first-order valence-corrected chi connectivity index (χ1v) is 10.6. The van der Waals surface area contributed by atoms with E-state index in [0.29, 0.717) is 37.2 Å². The van der Waals surface area contributed by atoms with Crippen LogP contribution < -0.4 is 11.1 Å². The lowest BCUT2D eigenvalue weighted by Gasteiger charge is -2.31. The molecule has 1 saturated heterocycles. The number of carbonyl (C=O) groups excluding carboxylic acids is 1. The average Bonchev–Trinajstić information content (AvgIpc) is 2.64. The second-order valence-corrected chi connectivity index (χ2v) is 8.93. The van der Waals surface area contributed by atoms with Gasteiger partial charge in [-0.25, -0.2) is 12.7 Å². The number of nitrogens with two attached hydrogens (primary N) is 1. The molecule has 0 unspecified atom stereocenters. The Balaban J connectivity index is 1.57. The maximum Gasteiger partial charge on any atom is 0.251 e. The van der Waals surface area contributed by atoms with Crippen LogP contribution in [0.3, 0.4) is 0 Å². The number of carbonyl (C=O) groups is 1. The summed E-state index contributed by atoms with van der Waals surface area (Å²) in [6, 6.07) is 14.4. The monoisotopic (exact) mass is 387 g/mol. The number of aryl methyl sites for hydroxylation is 1. The molecule has 0 bridgehead atoms. The van der Waals surface area contributed by atoms with Crippen molar-refractivity contribution in [2.24, 2.45) is 0 Å². The minimum absolute atomic E-state index is 0.00729. The summed E-state index contributed by atoms with van der Waals surface area (Å²) in [7, 11) is -3.35. The molecule has 0 spiro atoms. The van der Waals surface area contributed by atoms with Gasteiger partial charge < -0.3 is 11.1 Å². The van der Waals surface area contributed by atoms with Crippen molar-refractivity contribution in [3.8, 4) is 0 Å². The Morgan fingerprint density at radius 3 is 2.48 bits per heavy atom. The molecule has 0 saturated carbocycles. The van der Waals surface area contributed by atoms with E-state index in [1.165, 1.54) is 4.31 Å². The molecule has 1 aliphatic heterocycles. The average molecular weight is 388 g/mol. The third-order valence-electron chi connectivity index (χ3n) is 4.88. The summed E-state index contributed by atoms with van der Waals surface area (Å²) in [4.78, 5) is 12.5. The maximum absolute atomic E-state index is 12.6. The standard InChI is InChI=1S/C20H25N3O3S/c1-15-7-8-17(21)13-19(15)20(24)22-18-9-11-23(12-10-18)27(25,26)14-16-5-3-2-4-6-16/h2-8,13,18H,9-12,14,21H2,1H3,(H,22,24). The van der Waals surface area contributed by atoms with Crippen LogP contribution in [0, 0.1) is 6.92 Å². The molecule has 7 heteroatoms. The Kier molecular flexibility index (Phi) is 5.82. The van der Waals surface area contributed by atoms with E-state index in [2.05, 4.69) is 5.32 Å². The number of benzene rings is 2. The SMILES string of the molecule is Cc1ccc(N)cc1C(=O)NC1CCN(S(=O)(=O)Cc2ccccc2)CC1. The van der Waals surface area contributed by atoms with E-state index >= 15 is 0 Å². The van der Waals surface area contributed by atoms with Crippen LogP contribution in [0.1, 0.15) is 34.3 Å². The van der Waals surface area contributed by atoms with Crippen LogP contribution in [-0.2, 0) is 15.8 Å². The fourth-order valence-electron chi connectivity index (χ4n) is 3.30. The number of nitrogens with one attached hydrogen (secondary N) is 1.